The Balaban J connectivity index is 0.000000684. The number of allylic oxidation sites excluding steroid dienone is 3. The number of nitrogens with zero attached hydrogens (tertiary/aromatic N) is 6. The van der Waals surface area contributed by atoms with E-state index in [1.807, 2.05) is 50.3 Å². The van der Waals surface area contributed by atoms with Gasteiger partial charge in [0.05, 0.1) is 24.3 Å². The van der Waals surface area contributed by atoms with Crippen LogP contribution in [0.1, 0.15) is 20.8 Å². The SMILES string of the molecule is C=CC(=O)/C(C)=N\NC(=C)/C=N\N(C)C.C=CN=C/C=C/COc1cnc(-c2ccccc2)nc1.CC. The fourth-order valence-electron chi connectivity index (χ4n) is 2.07. The number of hydrogen-bond acceptors (Lipinski definition) is 9. The van der Waals surface area contributed by atoms with Crippen LogP contribution in [0, 0.1) is 0 Å². The average molecular weight is 504 g/mol. The van der Waals surface area contributed by atoms with Gasteiger partial charge in [0.15, 0.2) is 11.6 Å². The van der Waals surface area contributed by atoms with Crippen molar-refractivity contribution in [1.82, 2.24) is 20.4 Å². The first kappa shape index (κ1) is 32.3. The van der Waals surface area contributed by atoms with Crippen LogP contribution in [0.3, 0.4) is 0 Å². The first-order chi connectivity index (χ1) is 17.9. The number of carbonyl (C=O) groups is 1. The van der Waals surface area contributed by atoms with Gasteiger partial charge in [-0.3, -0.25) is 15.2 Å². The van der Waals surface area contributed by atoms with E-state index >= 15 is 0 Å². The molecule has 37 heavy (non-hydrogen) atoms. The number of hydrazone groups is 2. The van der Waals surface area contributed by atoms with Crippen LogP contribution in [-0.2, 0) is 4.79 Å². The molecule has 0 amide bonds. The summed E-state index contributed by atoms with van der Waals surface area (Å²) in [4.78, 5) is 23.4. The summed E-state index contributed by atoms with van der Waals surface area (Å²) in [5.74, 6) is 1.10. The minimum Gasteiger partial charge on any atom is -0.486 e. The monoisotopic (exact) mass is 503 g/mol. The van der Waals surface area contributed by atoms with E-state index in [0.29, 0.717) is 29.6 Å². The second kappa shape index (κ2) is 20.7. The molecule has 1 N–H and O–H groups in total. The minimum atomic E-state index is -0.222. The lowest BCUT2D eigenvalue weighted by Crippen LogP contribution is -2.14. The summed E-state index contributed by atoms with van der Waals surface area (Å²) in [6.07, 6.45) is 12.8. The second-order valence-electron chi connectivity index (χ2n) is 6.82. The molecule has 2 aromatic rings. The summed E-state index contributed by atoms with van der Waals surface area (Å²) >= 11 is 0. The number of aromatic nitrogens is 2. The standard InChI is InChI=1S/C16H15N3O.C10H16N4O.C2H6/c1-2-17-10-6-7-11-20-15-12-18-16(19-13-15)14-8-4-3-5-9-14;1-6-10(15)9(3)13-12-8(2)7-11-14(4)5;1-2/h2-10,12-13H,1,11H2;6-7,12H,1-2H2,3-5H3;1-2H3/b7-6+,17-10?;11-7-,13-9-;. The van der Waals surface area contributed by atoms with Gasteiger partial charge in [0.1, 0.15) is 12.3 Å². The van der Waals surface area contributed by atoms with Crippen LogP contribution < -0.4 is 10.2 Å². The molecule has 9 nitrogen and oxygen atoms in total. The van der Waals surface area contributed by atoms with E-state index in [1.165, 1.54) is 18.5 Å². The summed E-state index contributed by atoms with van der Waals surface area (Å²) in [6, 6.07) is 9.81. The molecule has 0 radical (unpaired) electrons. The van der Waals surface area contributed by atoms with Crippen LogP contribution in [0.5, 0.6) is 5.75 Å². The van der Waals surface area contributed by atoms with Gasteiger partial charge in [0, 0.05) is 32.1 Å². The zero-order chi connectivity index (χ0) is 27.9. The predicted molar refractivity (Wildman–Crippen MR) is 155 cm³/mol. The Kier molecular flexibility index (Phi) is 18.1. The van der Waals surface area contributed by atoms with Crippen LogP contribution in [0.25, 0.3) is 11.4 Å². The summed E-state index contributed by atoms with van der Waals surface area (Å²) in [6.45, 7) is 16.5. The number of ketones is 1. The molecule has 1 aromatic carbocycles. The Labute approximate surface area is 220 Å². The van der Waals surface area contributed by atoms with E-state index in [0.717, 1.165) is 5.56 Å². The molecule has 0 aliphatic carbocycles. The summed E-state index contributed by atoms with van der Waals surface area (Å²) < 4.78 is 5.48. The highest BCUT2D eigenvalue weighted by Crippen LogP contribution is 2.15. The molecule has 0 spiro atoms. The molecule has 0 saturated heterocycles. The Morgan fingerprint density at radius 1 is 1.14 bits per heavy atom. The Bertz CT molecular complexity index is 1070. The lowest BCUT2D eigenvalue weighted by molar-refractivity contribution is -0.108. The largest absolute Gasteiger partial charge is 0.486 e. The molecule has 0 fully saturated rings. The maximum atomic E-state index is 11.0. The van der Waals surface area contributed by atoms with E-state index in [2.05, 4.69) is 50.3 Å². The quantitative estimate of drug-likeness (QED) is 0.246. The van der Waals surface area contributed by atoms with Gasteiger partial charge >= 0.3 is 0 Å². The molecule has 0 atom stereocenters. The van der Waals surface area contributed by atoms with Crippen LogP contribution in [0.4, 0.5) is 0 Å². The number of rotatable bonds is 12. The molecule has 0 bridgehead atoms. The smallest absolute Gasteiger partial charge is 0.200 e. The molecule has 0 aliphatic heterocycles. The van der Waals surface area contributed by atoms with Crippen LogP contribution in [0.2, 0.25) is 0 Å². The Morgan fingerprint density at radius 3 is 2.35 bits per heavy atom. The Hall–Kier alpha value is -4.66. The molecule has 0 unspecified atom stereocenters. The van der Waals surface area contributed by atoms with E-state index in [1.54, 1.807) is 50.7 Å². The van der Waals surface area contributed by atoms with Crippen LogP contribution in [-0.4, -0.2) is 59.6 Å². The highest BCUT2D eigenvalue weighted by atomic mass is 16.5. The number of nitrogens with one attached hydrogen (secondary N) is 1. The summed E-state index contributed by atoms with van der Waals surface area (Å²) in [5, 5.41) is 9.37. The van der Waals surface area contributed by atoms with Crippen molar-refractivity contribution >= 4 is 23.9 Å². The second-order valence-corrected chi connectivity index (χ2v) is 6.82. The van der Waals surface area contributed by atoms with Crippen molar-refractivity contribution in [2.75, 3.05) is 20.7 Å². The van der Waals surface area contributed by atoms with Crippen molar-refractivity contribution in [1.29, 1.82) is 0 Å². The van der Waals surface area contributed by atoms with Gasteiger partial charge in [-0.05, 0) is 25.2 Å². The maximum absolute atomic E-state index is 11.0. The molecule has 1 heterocycles. The summed E-state index contributed by atoms with van der Waals surface area (Å²) in [5.41, 5.74) is 4.41. The molecular formula is C28H37N7O2. The predicted octanol–water partition coefficient (Wildman–Crippen LogP) is 5.09. The lowest BCUT2D eigenvalue weighted by Gasteiger charge is -2.03. The topological polar surface area (TPSA) is 104 Å². The van der Waals surface area contributed by atoms with E-state index in [9.17, 15) is 4.79 Å². The van der Waals surface area contributed by atoms with Gasteiger partial charge in [0.2, 0.25) is 5.78 Å². The number of carbonyl (C=O) groups excluding carboxylic acids is 1. The van der Waals surface area contributed by atoms with Crippen molar-refractivity contribution in [3.05, 3.63) is 92.6 Å². The van der Waals surface area contributed by atoms with Crippen LogP contribution >= 0.6 is 0 Å². The van der Waals surface area contributed by atoms with Crippen molar-refractivity contribution < 1.29 is 9.53 Å². The molecule has 9 heteroatoms. The third-order valence-corrected chi connectivity index (χ3v) is 3.77. The number of hydrogen-bond donors (Lipinski definition) is 1. The van der Waals surface area contributed by atoms with E-state index in [-0.39, 0.29) is 5.78 Å². The molecule has 2 rings (SSSR count). The van der Waals surface area contributed by atoms with Crippen LogP contribution in [0.15, 0.2) is 108 Å². The highest BCUT2D eigenvalue weighted by Gasteiger charge is 2.01. The fraction of sp³-hybridized carbons (Fsp3) is 0.214. The Morgan fingerprint density at radius 2 is 1.78 bits per heavy atom. The van der Waals surface area contributed by atoms with E-state index < -0.39 is 0 Å². The maximum Gasteiger partial charge on any atom is 0.200 e. The zero-order valence-corrected chi connectivity index (χ0v) is 22.3. The van der Waals surface area contributed by atoms with Gasteiger partial charge in [-0.15, -0.1) is 0 Å². The van der Waals surface area contributed by atoms with Gasteiger partial charge in [-0.25, -0.2) is 9.97 Å². The third kappa shape index (κ3) is 15.8. The zero-order valence-electron chi connectivity index (χ0n) is 22.3. The van der Waals surface area contributed by atoms with Gasteiger partial charge in [0.25, 0.3) is 0 Å². The summed E-state index contributed by atoms with van der Waals surface area (Å²) in [7, 11) is 3.58. The molecular weight excluding hydrogens is 466 g/mol. The molecule has 0 aliphatic rings. The van der Waals surface area contributed by atoms with Gasteiger partial charge < -0.3 is 9.75 Å². The van der Waals surface area contributed by atoms with E-state index in [4.69, 9.17) is 4.74 Å². The minimum absolute atomic E-state index is 0.222. The first-order valence-corrected chi connectivity index (χ1v) is 11.5. The molecule has 0 saturated carbocycles. The normalized spacial score (nSPS) is 10.7. The lowest BCUT2D eigenvalue weighted by atomic mass is 10.2. The molecule has 196 valence electrons. The van der Waals surface area contributed by atoms with Crippen molar-refractivity contribution in [2.45, 2.75) is 20.8 Å². The van der Waals surface area contributed by atoms with Crippen molar-refractivity contribution in [2.24, 2.45) is 15.2 Å². The van der Waals surface area contributed by atoms with Gasteiger partial charge in [-0.1, -0.05) is 63.9 Å². The number of ether oxygens (including phenoxy) is 1. The third-order valence-electron chi connectivity index (χ3n) is 3.77. The van der Waals surface area contributed by atoms with Crippen molar-refractivity contribution in [3.8, 4) is 17.1 Å². The molecule has 1 aromatic heterocycles. The van der Waals surface area contributed by atoms with Gasteiger partial charge in [-0.2, -0.15) is 10.2 Å². The average Bonchev–Trinajstić information content (AvgIpc) is 2.94. The fourth-order valence-corrected chi connectivity index (χ4v) is 2.07. The number of benzene rings is 1. The first-order valence-electron chi connectivity index (χ1n) is 11.5. The van der Waals surface area contributed by atoms with Crippen molar-refractivity contribution in [3.63, 3.8) is 0 Å². The highest BCUT2D eigenvalue weighted by molar-refractivity contribution is 6.43. The number of aliphatic imine (C=N–C) groups is 1.